The number of anilines is 1. The Kier molecular flexibility index (Phi) is 3.78. The summed E-state index contributed by atoms with van der Waals surface area (Å²) in [4.78, 5) is 25.7. The number of carbonyl (C=O) groups excluding carboxylic acids is 1. The van der Waals surface area contributed by atoms with Gasteiger partial charge in [-0.25, -0.2) is 9.97 Å². The van der Waals surface area contributed by atoms with Crippen molar-refractivity contribution in [3.05, 3.63) is 48.4 Å². The highest BCUT2D eigenvalue weighted by molar-refractivity contribution is 7.13. The van der Waals surface area contributed by atoms with Gasteiger partial charge in [-0.2, -0.15) is 4.37 Å². The van der Waals surface area contributed by atoms with Crippen LogP contribution in [0.1, 0.15) is 10.4 Å². The summed E-state index contributed by atoms with van der Waals surface area (Å²) in [6.07, 6.45) is 3.36. The molecule has 1 aromatic carbocycles. The number of carbonyl (C=O) groups is 1. The topological polar surface area (TPSA) is 67.2 Å². The van der Waals surface area contributed by atoms with Crippen LogP contribution >= 0.6 is 11.5 Å². The van der Waals surface area contributed by atoms with E-state index < -0.39 is 0 Å². The molecular formula is C19H18N6OS. The van der Waals surface area contributed by atoms with Gasteiger partial charge in [-0.1, -0.05) is 12.1 Å². The molecule has 136 valence electrons. The highest BCUT2D eigenvalue weighted by Crippen LogP contribution is 2.30. The molecule has 0 unspecified atom stereocenters. The molecule has 3 aromatic heterocycles. The average Bonchev–Trinajstić information content (AvgIpc) is 3.31. The van der Waals surface area contributed by atoms with Crippen LogP contribution in [0.25, 0.3) is 21.3 Å². The Morgan fingerprint density at radius 3 is 2.78 bits per heavy atom. The second-order valence-corrected chi connectivity index (χ2v) is 7.51. The Bertz CT molecular complexity index is 1140. The van der Waals surface area contributed by atoms with Gasteiger partial charge in [0.25, 0.3) is 5.91 Å². The molecule has 1 amide bonds. The van der Waals surface area contributed by atoms with Crippen LogP contribution in [0.3, 0.4) is 0 Å². The van der Waals surface area contributed by atoms with E-state index in [1.807, 2.05) is 34.7 Å². The smallest absolute Gasteiger partial charge is 0.255 e. The second kappa shape index (κ2) is 6.31. The predicted octanol–water partition coefficient (Wildman–Crippen LogP) is 2.54. The third-order valence-electron chi connectivity index (χ3n) is 5.02. The number of rotatable bonds is 2. The zero-order valence-corrected chi connectivity index (χ0v) is 15.7. The number of pyridine rings is 1. The molecule has 5 rings (SSSR count). The second-order valence-electron chi connectivity index (χ2n) is 6.70. The molecule has 0 saturated carbocycles. The Morgan fingerprint density at radius 2 is 1.93 bits per heavy atom. The normalized spacial score (nSPS) is 15.0. The van der Waals surface area contributed by atoms with E-state index in [4.69, 9.17) is 0 Å². The summed E-state index contributed by atoms with van der Waals surface area (Å²) in [6, 6.07) is 10.1. The Balaban J connectivity index is 1.32. The molecule has 0 bridgehead atoms. The predicted molar refractivity (Wildman–Crippen MR) is 106 cm³/mol. The quantitative estimate of drug-likeness (QED) is 0.536. The highest BCUT2D eigenvalue weighted by Gasteiger charge is 2.25. The van der Waals surface area contributed by atoms with Crippen LogP contribution in [0.15, 0.2) is 42.9 Å². The van der Waals surface area contributed by atoms with Crippen molar-refractivity contribution in [2.45, 2.75) is 0 Å². The van der Waals surface area contributed by atoms with Crippen LogP contribution in [0.2, 0.25) is 0 Å². The fraction of sp³-hybridized carbons (Fsp3) is 0.263. The van der Waals surface area contributed by atoms with E-state index in [0.29, 0.717) is 18.7 Å². The molecule has 1 aliphatic rings. The Labute approximate surface area is 160 Å². The first kappa shape index (κ1) is 16.2. The molecule has 1 aliphatic heterocycles. The number of hydrogen-bond acceptors (Lipinski definition) is 6. The lowest BCUT2D eigenvalue weighted by atomic mass is 10.2. The van der Waals surface area contributed by atoms with Gasteiger partial charge in [0.15, 0.2) is 5.65 Å². The van der Waals surface area contributed by atoms with Gasteiger partial charge in [0, 0.05) is 44.8 Å². The SMILES string of the molecule is Cn1cnc2cc(C(=O)N3CCN(c4nsc5ccccc45)CC3)cnc21. The van der Waals surface area contributed by atoms with Crippen molar-refractivity contribution < 1.29 is 4.79 Å². The highest BCUT2D eigenvalue weighted by atomic mass is 32.1. The Hall–Kier alpha value is -3.00. The minimum absolute atomic E-state index is 0.0119. The molecule has 8 heteroatoms. The number of imidazole rings is 1. The number of amides is 1. The zero-order valence-electron chi connectivity index (χ0n) is 14.9. The molecule has 27 heavy (non-hydrogen) atoms. The van der Waals surface area contributed by atoms with Crippen molar-refractivity contribution in [3.63, 3.8) is 0 Å². The van der Waals surface area contributed by atoms with E-state index in [2.05, 4.69) is 31.4 Å². The summed E-state index contributed by atoms with van der Waals surface area (Å²) in [5.74, 6) is 1.04. The van der Waals surface area contributed by atoms with Crippen LogP contribution in [0, 0.1) is 0 Å². The molecule has 0 radical (unpaired) electrons. The van der Waals surface area contributed by atoms with Crippen molar-refractivity contribution in [3.8, 4) is 0 Å². The molecule has 1 saturated heterocycles. The van der Waals surface area contributed by atoms with Crippen LogP contribution in [-0.4, -0.2) is 55.9 Å². The summed E-state index contributed by atoms with van der Waals surface area (Å²) in [5, 5.41) is 1.19. The Morgan fingerprint density at radius 1 is 1.11 bits per heavy atom. The summed E-state index contributed by atoms with van der Waals surface area (Å²) in [7, 11) is 1.89. The van der Waals surface area contributed by atoms with Crippen molar-refractivity contribution >= 4 is 44.5 Å². The number of aromatic nitrogens is 4. The first-order valence-corrected chi connectivity index (χ1v) is 9.64. The van der Waals surface area contributed by atoms with Gasteiger partial charge in [0.2, 0.25) is 0 Å². The van der Waals surface area contributed by atoms with Crippen LogP contribution in [0.5, 0.6) is 0 Å². The molecular weight excluding hydrogens is 360 g/mol. The minimum Gasteiger partial charge on any atom is -0.352 e. The van der Waals surface area contributed by atoms with E-state index in [1.54, 1.807) is 12.5 Å². The molecule has 4 heterocycles. The molecule has 0 spiro atoms. The number of fused-ring (bicyclic) bond motifs is 2. The van der Waals surface area contributed by atoms with E-state index in [1.165, 1.54) is 21.6 Å². The van der Waals surface area contributed by atoms with Gasteiger partial charge in [-0.3, -0.25) is 4.79 Å². The van der Waals surface area contributed by atoms with Crippen molar-refractivity contribution in [2.75, 3.05) is 31.1 Å². The fourth-order valence-corrected chi connectivity index (χ4v) is 4.33. The lowest BCUT2D eigenvalue weighted by Crippen LogP contribution is -2.49. The van der Waals surface area contributed by atoms with Gasteiger partial charge < -0.3 is 14.4 Å². The van der Waals surface area contributed by atoms with Crippen LogP contribution in [0.4, 0.5) is 5.82 Å². The summed E-state index contributed by atoms with van der Waals surface area (Å²) in [5.41, 5.74) is 2.12. The number of hydrogen-bond donors (Lipinski definition) is 0. The standard InChI is InChI=1S/C19H18N6OS/c1-23-12-21-15-10-13(11-20-18(15)23)19(26)25-8-6-24(7-9-25)17-14-4-2-3-5-16(14)27-22-17/h2-5,10-12H,6-9H2,1H3. The lowest BCUT2D eigenvalue weighted by Gasteiger charge is -2.35. The van der Waals surface area contributed by atoms with Crippen LogP contribution < -0.4 is 4.90 Å². The summed E-state index contributed by atoms with van der Waals surface area (Å²) < 4.78 is 7.67. The molecule has 4 aromatic rings. The van der Waals surface area contributed by atoms with Gasteiger partial charge in [-0.05, 0) is 29.7 Å². The van der Waals surface area contributed by atoms with Crippen molar-refractivity contribution in [1.82, 2.24) is 23.8 Å². The number of aryl methyl sites for hydroxylation is 1. The van der Waals surface area contributed by atoms with E-state index in [0.717, 1.165) is 30.1 Å². The summed E-state index contributed by atoms with van der Waals surface area (Å²) >= 11 is 1.53. The summed E-state index contributed by atoms with van der Waals surface area (Å²) in [6.45, 7) is 2.90. The van der Waals surface area contributed by atoms with E-state index in [-0.39, 0.29) is 5.91 Å². The van der Waals surface area contributed by atoms with Crippen molar-refractivity contribution in [1.29, 1.82) is 0 Å². The minimum atomic E-state index is 0.0119. The average molecular weight is 378 g/mol. The third kappa shape index (κ3) is 2.73. The number of benzene rings is 1. The largest absolute Gasteiger partial charge is 0.352 e. The van der Waals surface area contributed by atoms with Crippen molar-refractivity contribution in [2.24, 2.45) is 7.05 Å². The maximum Gasteiger partial charge on any atom is 0.255 e. The van der Waals surface area contributed by atoms with E-state index >= 15 is 0 Å². The maximum absolute atomic E-state index is 12.9. The lowest BCUT2D eigenvalue weighted by molar-refractivity contribution is 0.0746. The van der Waals surface area contributed by atoms with Gasteiger partial charge in [0.05, 0.1) is 16.6 Å². The fourth-order valence-electron chi connectivity index (χ4n) is 3.54. The molecule has 0 aliphatic carbocycles. The maximum atomic E-state index is 12.9. The first-order valence-electron chi connectivity index (χ1n) is 8.86. The van der Waals surface area contributed by atoms with Gasteiger partial charge >= 0.3 is 0 Å². The molecule has 1 fully saturated rings. The van der Waals surface area contributed by atoms with Gasteiger partial charge in [0.1, 0.15) is 11.3 Å². The molecule has 0 N–H and O–H groups in total. The zero-order chi connectivity index (χ0) is 18.4. The van der Waals surface area contributed by atoms with E-state index in [9.17, 15) is 4.79 Å². The van der Waals surface area contributed by atoms with Crippen LogP contribution in [-0.2, 0) is 7.05 Å². The molecule has 0 atom stereocenters. The molecule has 7 nitrogen and oxygen atoms in total. The monoisotopic (exact) mass is 378 g/mol. The number of nitrogens with zero attached hydrogens (tertiary/aromatic N) is 6. The number of piperazine rings is 1. The van der Waals surface area contributed by atoms with Gasteiger partial charge in [-0.15, -0.1) is 0 Å². The third-order valence-corrected chi connectivity index (χ3v) is 5.84. The first-order chi connectivity index (χ1) is 13.2.